The summed E-state index contributed by atoms with van der Waals surface area (Å²) in [5.41, 5.74) is 5.76. The summed E-state index contributed by atoms with van der Waals surface area (Å²) in [6.45, 7) is 0. The van der Waals surface area contributed by atoms with Crippen molar-refractivity contribution in [3.63, 3.8) is 0 Å². The summed E-state index contributed by atoms with van der Waals surface area (Å²) in [4.78, 5) is 15.7. The van der Waals surface area contributed by atoms with Gasteiger partial charge in [-0.05, 0) is 30.3 Å². The maximum atomic E-state index is 13.1. The molecule has 0 unspecified atom stereocenters. The summed E-state index contributed by atoms with van der Waals surface area (Å²) >= 11 is 5.75. The minimum atomic E-state index is -0.570. The van der Waals surface area contributed by atoms with E-state index in [0.717, 1.165) is 12.1 Å². The summed E-state index contributed by atoms with van der Waals surface area (Å²) in [7, 11) is 0. The van der Waals surface area contributed by atoms with Crippen molar-refractivity contribution >= 4 is 29.0 Å². The van der Waals surface area contributed by atoms with Crippen LogP contribution in [0.5, 0.6) is 0 Å². The molecule has 0 aliphatic rings. The van der Waals surface area contributed by atoms with E-state index in [9.17, 15) is 9.18 Å². The molecule has 0 radical (unpaired) electrons. The van der Waals surface area contributed by atoms with Crippen LogP contribution < -0.4 is 11.1 Å². The minimum absolute atomic E-state index is 0.120. The van der Waals surface area contributed by atoms with Crippen LogP contribution in [0.3, 0.4) is 0 Å². The lowest BCUT2D eigenvalue weighted by molar-refractivity contribution is 0.102. The number of rotatable bonds is 2. The molecule has 0 aliphatic carbocycles. The Balaban J connectivity index is 2.22. The molecule has 6 heteroatoms. The van der Waals surface area contributed by atoms with Gasteiger partial charge in [0.2, 0.25) is 0 Å². The summed E-state index contributed by atoms with van der Waals surface area (Å²) in [6.07, 6.45) is 1.46. The number of hydrogen-bond donors (Lipinski definition) is 2. The van der Waals surface area contributed by atoms with E-state index < -0.39 is 11.7 Å². The first-order chi connectivity index (χ1) is 8.54. The zero-order valence-corrected chi connectivity index (χ0v) is 9.91. The smallest absolute Gasteiger partial charge is 0.256 e. The number of hydrogen-bond acceptors (Lipinski definition) is 3. The first-order valence-electron chi connectivity index (χ1n) is 5.03. The Morgan fingerprint density at radius 2 is 2.11 bits per heavy atom. The molecule has 0 saturated heterocycles. The number of nitrogens with zero attached hydrogens (tertiary/aromatic N) is 1. The van der Waals surface area contributed by atoms with Crippen molar-refractivity contribution in [3.05, 3.63) is 52.9 Å². The molecule has 0 spiro atoms. The molecule has 0 atom stereocenters. The Bertz CT molecular complexity index is 583. The van der Waals surface area contributed by atoms with Crippen molar-refractivity contribution in [2.24, 2.45) is 0 Å². The van der Waals surface area contributed by atoms with Crippen LogP contribution in [-0.2, 0) is 0 Å². The molecule has 2 rings (SSSR count). The van der Waals surface area contributed by atoms with Crippen LogP contribution in [0.2, 0.25) is 5.02 Å². The number of halogens is 2. The Morgan fingerprint density at radius 3 is 2.78 bits per heavy atom. The number of amides is 1. The average molecular weight is 266 g/mol. The normalized spacial score (nSPS) is 10.1. The van der Waals surface area contributed by atoms with Crippen molar-refractivity contribution in [3.8, 4) is 0 Å². The van der Waals surface area contributed by atoms with Gasteiger partial charge in [0, 0.05) is 22.5 Å². The van der Waals surface area contributed by atoms with Gasteiger partial charge in [-0.25, -0.2) is 9.37 Å². The molecule has 0 saturated carbocycles. The molecular formula is C12H9ClFN3O. The van der Waals surface area contributed by atoms with E-state index in [2.05, 4.69) is 10.3 Å². The van der Waals surface area contributed by atoms with Gasteiger partial charge in [-0.15, -0.1) is 0 Å². The zero-order chi connectivity index (χ0) is 13.1. The number of carbonyl (C=O) groups is 1. The van der Waals surface area contributed by atoms with Crippen molar-refractivity contribution in [2.75, 3.05) is 11.1 Å². The maximum Gasteiger partial charge on any atom is 0.256 e. The fraction of sp³-hybridized carbons (Fsp3) is 0. The van der Waals surface area contributed by atoms with Gasteiger partial charge in [-0.3, -0.25) is 4.79 Å². The second kappa shape index (κ2) is 5.01. The van der Waals surface area contributed by atoms with E-state index in [-0.39, 0.29) is 17.1 Å². The molecule has 1 aromatic carbocycles. The van der Waals surface area contributed by atoms with Crippen LogP contribution in [-0.4, -0.2) is 10.9 Å². The SMILES string of the molecule is Nc1cc(F)cc(C(=O)Nc2cc(Cl)ccn2)c1. The lowest BCUT2D eigenvalue weighted by Gasteiger charge is -2.05. The lowest BCUT2D eigenvalue weighted by atomic mass is 10.2. The number of nitrogen functional groups attached to an aromatic ring is 1. The summed E-state index contributed by atoms with van der Waals surface area (Å²) < 4.78 is 13.1. The third-order valence-corrected chi connectivity index (χ3v) is 2.38. The van der Waals surface area contributed by atoms with E-state index in [0.29, 0.717) is 5.02 Å². The van der Waals surface area contributed by atoms with Gasteiger partial charge in [-0.1, -0.05) is 11.6 Å². The van der Waals surface area contributed by atoms with Crippen molar-refractivity contribution in [1.29, 1.82) is 0 Å². The molecule has 3 N–H and O–H groups in total. The van der Waals surface area contributed by atoms with E-state index in [1.165, 1.54) is 18.3 Å². The predicted molar refractivity (Wildman–Crippen MR) is 68.0 cm³/mol. The number of aromatic nitrogens is 1. The van der Waals surface area contributed by atoms with Crippen LogP contribution >= 0.6 is 11.6 Å². The molecule has 0 aliphatic heterocycles. The van der Waals surface area contributed by atoms with E-state index in [1.54, 1.807) is 6.07 Å². The second-order valence-electron chi connectivity index (χ2n) is 3.59. The van der Waals surface area contributed by atoms with Crippen LogP contribution in [0, 0.1) is 5.82 Å². The highest BCUT2D eigenvalue weighted by Crippen LogP contribution is 2.15. The molecule has 92 valence electrons. The average Bonchev–Trinajstić information content (AvgIpc) is 2.27. The van der Waals surface area contributed by atoms with Gasteiger partial charge in [0.1, 0.15) is 11.6 Å². The van der Waals surface area contributed by atoms with Gasteiger partial charge in [0.25, 0.3) is 5.91 Å². The quantitative estimate of drug-likeness (QED) is 0.821. The highest BCUT2D eigenvalue weighted by atomic mass is 35.5. The van der Waals surface area contributed by atoms with Gasteiger partial charge in [0.15, 0.2) is 0 Å². The van der Waals surface area contributed by atoms with E-state index in [1.807, 2.05) is 0 Å². The molecular weight excluding hydrogens is 257 g/mol. The number of pyridine rings is 1. The van der Waals surface area contributed by atoms with Crippen LogP contribution in [0.15, 0.2) is 36.5 Å². The molecule has 18 heavy (non-hydrogen) atoms. The number of carbonyl (C=O) groups excluding carboxylic acids is 1. The summed E-state index contributed by atoms with van der Waals surface area (Å²) in [5.74, 6) is -0.787. The highest BCUT2D eigenvalue weighted by molar-refractivity contribution is 6.30. The van der Waals surface area contributed by atoms with Crippen molar-refractivity contribution in [2.45, 2.75) is 0 Å². The van der Waals surface area contributed by atoms with Gasteiger partial charge in [-0.2, -0.15) is 0 Å². The summed E-state index contributed by atoms with van der Waals surface area (Å²) in [6, 6.07) is 6.67. The number of nitrogens with one attached hydrogen (secondary N) is 1. The van der Waals surface area contributed by atoms with Gasteiger partial charge >= 0.3 is 0 Å². The second-order valence-corrected chi connectivity index (χ2v) is 4.02. The van der Waals surface area contributed by atoms with Crippen molar-refractivity contribution < 1.29 is 9.18 Å². The largest absolute Gasteiger partial charge is 0.399 e. The fourth-order valence-electron chi connectivity index (χ4n) is 1.41. The predicted octanol–water partition coefficient (Wildman–Crippen LogP) is 2.71. The Morgan fingerprint density at radius 1 is 1.33 bits per heavy atom. The monoisotopic (exact) mass is 265 g/mol. The minimum Gasteiger partial charge on any atom is -0.399 e. The molecule has 0 bridgehead atoms. The summed E-state index contributed by atoms with van der Waals surface area (Å²) in [5, 5.41) is 2.94. The van der Waals surface area contributed by atoms with Gasteiger partial charge in [0.05, 0.1) is 0 Å². The Kier molecular flexibility index (Phi) is 3.43. The number of benzene rings is 1. The zero-order valence-electron chi connectivity index (χ0n) is 9.15. The third kappa shape index (κ3) is 2.95. The number of anilines is 2. The maximum absolute atomic E-state index is 13.1. The van der Waals surface area contributed by atoms with Crippen LogP contribution in [0.4, 0.5) is 15.9 Å². The van der Waals surface area contributed by atoms with Crippen LogP contribution in [0.25, 0.3) is 0 Å². The van der Waals surface area contributed by atoms with Crippen molar-refractivity contribution in [1.82, 2.24) is 4.98 Å². The lowest BCUT2D eigenvalue weighted by Crippen LogP contribution is -2.13. The Labute approximate surface area is 108 Å². The number of nitrogens with two attached hydrogens (primary N) is 1. The topological polar surface area (TPSA) is 68.0 Å². The van der Waals surface area contributed by atoms with Gasteiger partial charge < -0.3 is 11.1 Å². The molecule has 1 amide bonds. The Hall–Kier alpha value is -2.14. The molecule has 4 nitrogen and oxygen atoms in total. The molecule has 1 heterocycles. The van der Waals surface area contributed by atoms with E-state index in [4.69, 9.17) is 17.3 Å². The molecule has 2 aromatic rings. The molecule has 1 aromatic heterocycles. The van der Waals surface area contributed by atoms with E-state index >= 15 is 0 Å². The fourth-order valence-corrected chi connectivity index (χ4v) is 1.56. The first kappa shape index (κ1) is 12.3. The molecule has 0 fully saturated rings. The highest BCUT2D eigenvalue weighted by Gasteiger charge is 2.09. The standard InChI is InChI=1S/C12H9ClFN3O/c13-8-1-2-16-11(5-8)17-12(18)7-3-9(14)6-10(15)4-7/h1-6H,15H2,(H,16,17,18). The first-order valence-corrected chi connectivity index (χ1v) is 5.41. The third-order valence-electron chi connectivity index (χ3n) is 2.15. The van der Waals surface area contributed by atoms with Crippen LogP contribution in [0.1, 0.15) is 10.4 Å².